The van der Waals surface area contributed by atoms with Gasteiger partial charge in [-0.3, -0.25) is 0 Å². The van der Waals surface area contributed by atoms with Crippen LogP contribution >= 0.6 is 0 Å². The number of nitrogens with zero attached hydrogens (tertiary/aromatic N) is 1. The molecule has 0 spiro atoms. The third kappa shape index (κ3) is 9.75. The van der Waals surface area contributed by atoms with E-state index in [1.54, 1.807) is 7.11 Å². The van der Waals surface area contributed by atoms with Crippen molar-refractivity contribution in [2.45, 2.75) is 0 Å². The Balaban J connectivity index is 3.42. The van der Waals surface area contributed by atoms with Crippen molar-refractivity contribution in [3.8, 4) is 0 Å². The Morgan fingerprint density at radius 3 is 2.46 bits per heavy atom. The summed E-state index contributed by atoms with van der Waals surface area (Å²) in [6.45, 7) is 2.60. The Bertz CT molecular complexity index is 216. The lowest BCUT2D eigenvalue weighted by Crippen LogP contribution is -2.33. The molecule has 0 aromatic carbocycles. The molecule has 0 aromatic rings. The number of likely N-dealkylation sites (N-methyl/N-ethyl adjacent to an activating group) is 1. The highest BCUT2D eigenvalue weighted by atomic mass is 32.2. The molecule has 13 heavy (non-hydrogen) atoms. The smallest absolute Gasteiger partial charge is 0.208 e. The van der Waals surface area contributed by atoms with Crippen LogP contribution in [-0.2, 0) is 14.8 Å². The third-order valence-corrected chi connectivity index (χ3v) is 2.26. The first-order chi connectivity index (χ1) is 5.95. The summed E-state index contributed by atoms with van der Waals surface area (Å²) in [5.41, 5.74) is 0. The van der Waals surface area contributed by atoms with Crippen molar-refractivity contribution in [2.75, 3.05) is 46.7 Å². The number of hydrogen-bond acceptors (Lipinski definition) is 4. The molecule has 0 aliphatic rings. The number of nitrogens with one attached hydrogen (secondary N) is 1. The largest absolute Gasteiger partial charge is 0.383 e. The highest BCUT2D eigenvalue weighted by Gasteiger charge is 2.01. The molecule has 0 amide bonds. The molecule has 0 atom stereocenters. The minimum atomic E-state index is -3.05. The minimum absolute atomic E-state index is 0.443. The first-order valence-electron chi connectivity index (χ1n) is 4.08. The molecule has 0 bridgehead atoms. The summed E-state index contributed by atoms with van der Waals surface area (Å²) in [4.78, 5) is 2.00. The van der Waals surface area contributed by atoms with Gasteiger partial charge in [0.2, 0.25) is 10.0 Å². The van der Waals surface area contributed by atoms with Gasteiger partial charge in [-0.15, -0.1) is 0 Å². The Morgan fingerprint density at radius 2 is 2.00 bits per heavy atom. The van der Waals surface area contributed by atoms with Crippen LogP contribution in [0.4, 0.5) is 0 Å². The average Bonchev–Trinajstić information content (AvgIpc) is 1.98. The van der Waals surface area contributed by atoms with Gasteiger partial charge in [0, 0.05) is 26.7 Å². The number of rotatable bonds is 7. The fourth-order valence-corrected chi connectivity index (χ4v) is 1.24. The number of ether oxygens (including phenoxy) is 1. The Labute approximate surface area is 80.1 Å². The van der Waals surface area contributed by atoms with Crippen LogP contribution in [0.1, 0.15) is 0 Å². The summed E-state index contributed by atoms with van der Waals surface area (Å²) in [7, 11) is 0.513. The molecule has 0 unspecified atom stereocenters. The van der Waals surface area contributed by atoms with E-state index in [2.05, 4.69) is 4.72 Å². The maximum Gasteiger partial charge on any atom is 0.208 e. The summed E-state index contributed by atoms with van der Waals surface area (Å²) in [5, 5.41) is 0. The van der Waals surface area contributed by atoms with Crippen molar-refractivity contribution in [3.63, 3.8) is 0 Å². The van der Waals surface area contributed by atoms with Crippen molar-refractivity contribution in [2.24, 2.45) is 0 Å². The maximum absolute atomic E-state index is 10.7. The van der Waals surface area contributed by atoms with Crippen LogP contribution < -0.4 is 4.72 Å². The fraction of sp³-hybridized carbons (Fsp3) is 1.00. The monoisotopic (exact) mass is 210 g/mol. The summed E-state index contributed by atoms with van der Waals surface area (Å²) in [5.74, 6) is 0. The third-order valence-electron chi connectivity index (χ3n) is 1.53. The highest BCUT2D eigenvalue weighted by molar-refractivity contribution is 7.88. The van der Waals surface area contributed by atoms with Gasteiger partial charge in [0.15, 0.2) is 0 Å². The van der Waals surface area contributed by atoms with E-state index in [-0.39, 0.29) is 0 Å². The Morgan fingerprint density at radius 1 is 1.38 bits per heavy atom. The van der Waals surface area contributed by atoms with Crippen LogP contribution in [0.2, 0.25) is 0 Å². The molecule has 0 radical (unpaired) electrons. The minimum Gasteiger partial charge on any atom is -0.383 e. The summed E-state index contributed by atoms with van der Waals surface area (Å²) < 4.78 is 28.6. The van der Waals surface area contributed by atoms with Gasteiger partial charge in [-0.25, -0.2) is 13.1 Å². The zero-order chi connectivity index (χ0) is 10.3. The predicted octanol–water partition coefficient (Wildman–Crippen LogP) is -0.886. The van der Waals surface area contributed by atoms with E-state index in [1.165, 1.54) is 0 Å². The lowest BCUT2D eigenvalue weighted by molar-refractivity contribution is 0.162. The average molecular weight is 210 g/mol. The second kappa shape index (κ2) is 6.31. The van der Waals surface area contributed by atoms with Gasteiger partial charge in [-0.1, -0.05) is 0 Å². The quantitative estimate of drug-likeness (QED) is 0.592. The van der Waals surface area contributed by atoms with E-state index in [9.17, 15) is 8.42 Å². The molecule has 0 fully saturated rings. The molecule has 0 saturated heterocycles. The Hall–Kier alpha value is -0.170. The van der Waals surface area contributed by atoms with Crippen LogP contribution in [0.3, 0.4) is 0 Å². The molecule has 5 nitrogen and oxygen atoms in total. The molecule has 0 heterocycles. The van der Waals surface area contributed by atoms with Gasteiger partial charge in [0.25, 0.3) is 0 Å². The molecule has 0 aromatic heterocycles. The van der Waals surface area contributed by atoms with Crippen LogP contribution in [0, 0.1) is 0 Å². The lowest BCUT2D eigenvalue weighted by atomic mass is 10.5. The molecular weight excluding hydrogens is 192 g/mol. The first kappa shape index (κ1) is 12.8. The topological polar surface area (TPSA) is 58.6 Å². The molecule has 6 heteroatoms. The van der Waals surface area contributed by atoms with Crippen LogP contribution in [0.15, 0.2) is 0 Å². The van der Waals surface area contributed by atoms with E-state index in [0.29, 0.717) is 19.7 Å². The second-order valence-corrected chi connectivity index (χ2v) is 4.80. The highest BCUT2D eigenvalue weighted by Crippen LogP contribution is 1.82. The van der Waals surface area contributed by atoms with Gasteiger partial charge < -0.3 is 9.64 Å². The maximum atomic E-state index is 10.7. The van der Waals surface area contributed by atoms with Crippen molar-refractivity contribution >= 4 is 10.0 Å². The van der Waals surface area contributed by atoms with Gasteiger partial charge >= 0.3 is 0 Å². The molecule has 80 valence electrons. The normalized spacial score (nSPS) is 12.3. The standard InChI is InChI=1S/C7H18N2O3S/c1-9(6-7-12-2)5-4-8-13(3,10)11/h8H,4-7H2,1-3H3. The summed E-state index contributed by atoms with van der Waals surface area (Å²) in [6.07, 6.45) is 1.15. The molecule has 1 N–H and O–H groups in total. The van der Waals surface area contributed by atoms with E-state index in [0.717, 1.165) is 12.8 Å². The Kier molecular flexibility index (Phi) is 6.23. The summed E-state index contributed by atoms with van der Waals surface area (Å²) in [6, 6.07) is 0. The fourth-order valence-electron chi connectivity index (χ4n) is 0.781. The zero-order valence-corrected chi connectivity index (χ0v) is 9.23. The first-order valence-corrected chi connectivity index (χ1v) is 5.97. The van der Waals surface area contributed by atoms with E-state index in [4.69, 9.17) is 4.74 Å². The molecular formula is C7H18N2O3S. The molecule has 0 aliphatic carbocycles. The predicted molar refractivity (Wildman–Crippen MR) is 52.2 cm³/mol. The van der Waals surface area contributed by atoms with Gasteiger partial charge in [0.05, 0.1) is 12.9 Å². The SMILES string of the molecule is COCCN(C)CCNS(C)(=O)=O. The number of sulfonamides is 1. The van der Waals surface area contributed by atoms with E-state index < -0.39 is 10.0 Å². The molecule has 0 rings (SSSR count). The van der Waals surface area contributed by atoms with Crippen LogP contribution in [-0.4, -0.2) is 60.0 Å². The second-order valence-electron chi connectivity index (χ2n) is 2.96. The lowest BCUT2D eigenvalue weighted by Gasteiger charge is -2.15. The van der Waals surface area contributed by atoms with Crippen molar-refractivity contribution in [3.05, 3.63) is 0 Å². The molecule has 0 aliphatic heterocycles. The van der Waals surface area contributed by atoms with Gasteiger partial charge in [-0.2, -0.15) is 0 Å². The number of methoxy groups -OCH3 is 1. The van der Waals surface area contributed by atoms with Crippen LogP contribution in [0.25, 0.3) is 0 Å². The summed E-state index contributed by atoms with van der Waals surface area (Å²) >= 11 is 0. The van der Waals surface area contributed by atoms with E-state index in [1.807, 2.05) is 11.9 Å². The van der Waals surface area contributed by atoms with Crippen molar-refractivity contribution < 1.29 is 13.2 Å². The van der Waals surface area contributed by atoms with E-state index >= 15 is 0 Å². The van der Waals surface area contributed by atoms with Gasteiger partial charge in [-0.05, 0) is 7.05 Å². The number of hydrogen-bond donors (Lipinski definition) is 1. The molecule has 0 saturated carbocycles. The van der Waals surface area contributed by atoms with Crippen molar-refractivity contribution in [1.29, 1.82) is 0 Å². The van der Waals surface area contributed by atoms with Crippen LogP contribution in [0.5, 0.6) is 0 Å². The van der Waals surface area contributed by atoms with Crippen molar-refractivity contribution in [1.82, 2.24) is 9.62 Å². The zero-order valence-electron chi connectivity index (χ0n) is 8.41. The van der Waals surface area contributed by atoms with Gasteiger partial charge in [0.1, 0.15) is 0 Å².